The standard InChI is InChI=1S/C17H16N2O3/c18-8-3-9-19-17(21)11-6-7-15-13(10-11)16(20)12-4-1-2-5-14(12)22-15/h1-2,4-7,10H,3,8-9,18H2,(H,19,21)/p+1. The van der Waals surface area contributed by atoms with E-state index in [2.05, 4.69) is 11.1 Å². The third kappa shape index (κ3) is 2.58. The monoisotopic (exact) mass is 297 g/mol. The first-order chi connectivity index (χ1) is 10.7. The molecule has 0 unspecified atom stereocenters. The molecule has 5 heteroatoms. The molecule has 0 radical (unpaired) electrons. The lowest BCUT2D eigenvalue weighted by atomic mass is 10.1. The molecule has 2 aromatic carbocycles. The first-order valence-corrected chi connectivity index (χ1v) is 7.24. The van der Waals surface area contributed by atoms with Gasteiger partial charge in [0.1, 0.15) is 11.2 Å². The molecule has 0 bridgehead atoms. The summed E-state index contributed by atoms with van der Waals surface area (Å²) in [6.07, 6.45) is 0.825. The molecular weight excluding hydrogens is 280 g/mol. The largest absolute Gasteiger partial charge is 0.456 e. The number of para-hydroxylation sites is 1. The SMILES string of the molecule is [NH3+]CCCNC(=O)c1ccc2oc3ccccc3c(=O)c2c1. The van der Waals surface area contributed by atoms with Gasteiger partial charge in [-0.2, -0.15) is 0 Å². The van der Waals surface area contributed by atoms with Gasteiger partial charge in [-0.1, -0.05) is 12.1 Å². The van der Waals surface area contributed by atoms with Gasteiger partial charge in [-0.15, -0.1) is 0 Å². The molecule has 0 saturated heterocycles. The van der Waals surface area contributed by atoms with Gasteiger partial charge in [0.15, 0.2) is 0 Å². The number of benzene rings is 2. The summed E-state index contributed by atoms with van der Waals surface area (Å²) in [6.45, 7) is 1.35. The van der Waals surface area contributed by atoms with Crippen molar-refractivity contribution in [3.8, 4) is 0 Å². The Bertz CT molecular complexity index is 899. The molecule has 1 heterocycles. The Morgan fingerprint density at radius 1 is 1.09 bits per heavy atom. The summed E-state index contributed by atoms with van der Waals surface area (Å²) in [4.78, 5) is 24.6. The van der Waals surface area contributed by atoms with Crippen molar-refractivity contribution in [2.24, 2.45) is 0 Å². The summed E-state index contributed by atoms with van der Waals surface area (Å²) in [7, 11) is 0. The Morgan fingerprint density at radius 2 is 1.86 bits per heavy atom. The summed E-state index contributed by atoms with van der Waals surface area (Å²) in [5.74, 6) is -0.192. The number of hydrogen-bond donors (Lipinski definition) is 2. The zero-order valence-corrected chi connectivity index (χ0v) is 12.1. The van der Waals surface area contributed by atoms with E-state index >= 15 is 0 Å². The van der Waals surface area contributed by atoms with Crippen LogP contribution in [0.15, 0.2) is 51.7 Å². The Labute approximate surface area is 126 Å². The average Bonchev–Trinajstić information content (AvgIpc) is 2.55. The highest BCUT2D eigenvalue weighted by Crippen LogP contribution is 2.19. The maximum atomic E-state index is 12.5. The van der Waals surface area contributed by atoms with Gasteiger partial charge < -0.3 is 15.5 Å². The second-order valence-electron chi connectivity index (χ2n) is 5.10. The number of fused-ring (bicyclic) bond motifs is 2. The highest BCUT2D eigenvalue weighted by Gasteiger charge is 2.11. The van der Waals surface area contributed by atoms with E-state index in [1.165, 1.54) is 0 Å². The second-order valence-corrected chi connectivity index (χ2v) is 5.10. The van der Waals surface area contributed by atoms with Crippen molar-refractivity contribution in [3.63, 3.8) is 0 Å². The lowest BCUT2D eigenvalue weighted by molar-refractivity contribution is -0.367. The lowest BCUT2D eigenvalue weighted by Crippen LogP contribution is -2.51. The van der Waals surface area contributed by atoms with E-state index in [0.717, 1.165) is 13.0 Å². The zero-order chi connectivity index (χ0) is 15.5. The topological polar surface area (TPSA) is 86.9 Å². The van der Waals surface area contributed by atoms with Crippen LogP contribution in [0.5, 0.6) is 0 Å². The summed E-state index contributed by atoms with van der Waals surface area (Å²) in [5.41, 5.74) is 5.10. The molecule has 22 heavy (non-hydrogen) atoms. The highest BCUT2D eigenvalue weighted by molar-refractivity contribution is 5.99. The molecule has 1 aromatic heterocycles. The summed E-state index contributed by atoms with van der Waals surface area (Å²) in [5, 5.41) is 3.75. The molecule has 0 atom stereocenters. The van der Waals surface area contributed by atoms with E-state index in [1.807, 2.05) is 6.07 Å². The van der Waals surface area contributed by atoms with Crippen LogP contribution in [-0.2, 0) is 0 Å². The normalized spacial score (nSPS) is 11.0. The van der Waals surface area contributed by atoms with Gasteiger partial charge in [-0.25, -0.2) is 0 Å². The number of carbonyl (C=O) groups excluding carboxylic acids is 1. The zero-order valence-electron chi connectivity index (χ0n) is 12.1. The Hall–Kier alpha value is -2.66. The van der Waals surface area contributed by atoms with Gasteiger partial charge >= 0.3 is 0 Å². The Balaban J connectivity index is 2.06. The number of carbonyl (C=O) groups is 1. The highest BCUT2D eigenvalue weighted by atomic mass is 16.3. The van der Waals surface area contributed by atoms with E-state index < -0.39 is 0 Å². The minimum Gasteiger partial charge on any atom is -0.456 e. The van der Waals surface area contributed by atoms with Crippen molar-refractivity contribution >= 4 is 27.8 Å². The first kappa shape index (κ1) is 14.3. The third-order valence-corrected chi connectivity index (χ3v) is 3.55. The van der Waals surface area contributed by atoms with Crippen LogP contribution in [0.1, 0.15) is 16.8 Å². The predicted octanol–water partition coefficient (Wildman–Crippen LogP) is 1.31. The number of rotatable bonds is 4. The summed E-state index contributed by atoms with van der Waals surface area (Å²) >= 11 is 0. The molecule has 0 saturated carbocycles. The van der Waals surface area contributed by atoms with Gasteiger partial charge in [-0.3, -0.25) is 9.59 Å². The fourth-order valence-electron chi connectivity index (χ4n) is 2.37. The van der Waals surface area contributed by atoms with Gasteiger partial charge in [0.25, 0.3) is 5.91 Å². The molecule has 5 nitrogen and oxygen atoms in total. The van der Waals surface area contributed by atoms with Crippen LogP contribution in [0.2, 0.25) is 0 Å². The Kier molecular flexibility index (Phi) is 3.89. The number of quaternary nitrogens is 1. The first-order valence-electron chi connectivity index (χ1n) is 7.24. The van der Waals surface area contributed by atoms with E-state index in [-0.39, 0.29) is 11.3 Å². The number of amides is 1. The van der Waals surface area contributed by atoms with Crippen molar-refractivity contribution in [1.29, 1.82) is 0 Å². The quantitative estimate of drug-likeness (QED) is 0.562. The van der Waals surface area contributed by atoms with E-state index in [0.29, 0.717) is 34.0 Å². The van der Waals surface area contributed by atoms with Gasteiger partial charge in [0.2, 0.25) is 5.43 Å². The molecule has 3 aromatic rings. The molecule has 112 valence electrons. The average molecular weight is 297 g/mol. The van der Waals surface area contributed by atoms with Crippen molar-refractivity contribution in [1.82, 2.24) is 5.32 Å². The van der Waals surface area contributed by atoms with Crippen molar-refractivity contribution in [2.75, 3.05) is 13.1 Å². The van der Waals surface area contributed by atoms with Gasteiger partial charge in [0.05, 0.1) is 17.3 Å². The number of hydrogen-bond acceptors (Lipinski definition) is 3. The van der Waals surface area contributed by atoms with E-state index in [1.54, 1.807) is 36.4 Å². The summed E-state index contributed by atoms with van der Waals surface area (Å²) in [6, 6.07) is 12.0. The molecule has 0 fully saturated rings. The maximum Gasteiger partial charge on any atom is 0.251 e. The van der Waals surface area contributed by atoms with Crippen LogP contribution in [0, 0.1) is 0 Å². The van der Waals surface area contributed by atoms with Crippen LogP contribution in [0.25, 0.3) is 21.9 Å². The molecule has 0 aliphatic carbocycles. The minimum absolute atomic E-state index is 0.121. The molecule has 1 amide bonds. The van der Waals surface area contributed by atoms with E-state index in [9.17, 15) is 9.59 Å². The number of nitrogens with one attached hydrogen (secondary N) is 1. The van der Waals surface area contributed by atoms with Crippen LogP contribution in [0.3, 0.4) is 0 Å². The lowest BCUT2D eigenvalue weighted by Gasteiger charge is -2.05. The molecule has 4 N–H and O–H groups in total. The molecule has 0 aliphatic heterocycles. The smallest absolute Gasteiger partial charge is 0.251 e. The van der Waals surface area contributed by atoms with Crippen LogP contribution >= 0.6 is 0 Å². The molecular formula is C17H17N2O3+. The van der Waals surface area contributed by atoms with Gasteiger partial charge in [0, 0.05) is 18.5 Å². The van der Waals surface area contributed by atoms with Gasteiger partial charge in [-0.05, 0) is 30.3 Å². The minimum atomic E-state index is -0.192. The van der Waals surface area contributed by atoms with Crippen LogP contribution in [0.4, 0.5) is 0 Å². The van der Waals surface area contributed by atoms with Crippen molar-refractivity contribution < 1.29 is 14.9 Å². The summed E-state index contributed by atoms with van der Waals surface area (Å²) < 4.78 is 5.72. The molecule has 3 rings (SSSR count). The Morgan fingerprint density at radius 3 is 2.68 bits per heavy atom. The van der Waals surface area contributed by atoms with Crippen LogP contribution < -0.4 is 16.5 Å². The fraction of sp³-hybridized carbons (Fsp3) is 0.176. The predicted molar refractivity (Wildman–Crippen MR) is 84.7 cm³/mol. The molecule has 0 spiro atoms. The molecule has 0 aliphatic rings. The van der Waals surface area contributed by atoms with Crippen LogP contribution in [-0.4, -0.2) is 19.0 Å². The fourth-order valence-corrected chi connectivity index (χ4v) is 2.37. The maximum absolute atomic E-state index is 12.5. The third-order valence-electron chi connectivity index (χ3n) is 3.55. The van der Waals surface area contributed by atoms with Crippen molar-refractivity contribution in [3.05, 3.63) is 58.3 Å². The van der Waals surface area contributed by atoms with E-state index in [4.69, 9.17) is 4.42 Å². The second kappa shape index (κ2) is 5.99. The van der Waals surface area contributed by atoms with Crippen molar-refractivity contribution in [2.45, 2.75) is 6.42 Å².